The largest absolute Gasteiger partial charge is 0.493 e. The molecule has 0 bridgehead atoms. The first-order chi connectivity index (χ1) is 10.3. The molecule has 4 heteroatoms. The van der Waals surface area contributed by atoms with Gasteiger partial charge in [0.2, 0.25) is 0 Å². The van der Waals surface area contributed by atoms with E-state index in [9.17, 15) is 0 Å². The number of nitrogens with two attached hydrogens (primary N) is 1. The molecule has 22 heavy (non-hydrogen) atoms. The number of halogens is 1. The Kier molecular flexibility index (Phi) is 5.33. The first kappa shape index (κ1) is 16.7. The molecule has 2 aromatic rings. The zero-order chi connectivity index (χ0) is 14.8. The minimum atomic E-state index is 0. The highest BCUT2D eigenvalue weighted by Crippen LogP contribution is 2.39. The van der Waals surface area contributed by atoms with Crippen LogP contribution in [0.4, 0.5) is 0 Å². The Hall–Kier alpha value is -1.71. The van der Waals surface area contributed by atoms with E-state index in [-0.39, 0.29) is 18.3 Å². The summed E-state index contributed by atoms with van der Waals surface area (Å²) in [5.41, 5.74) is 11.4. The van der Waals surface area contributed by atoms with Crippen LogP contribution in [0.25, 0.3) is 0 Å². The third-order valence-corrected chi connectivity index (χ3v) is 4.35. The third-order valence-electron chi connectivity index (χ3n) is 4.35. The van der Waals surface area contributed by atoms with Crippen molar-refractivity contribution in [2.45, 2.75) is 18.8 Å². The minimum absolute atomic E-state index is 0. The molecule has 0 fully saturated rings. The molecule has 1 aliphatic rings. The average Bonchev–Trinajstić information content (AvgIpc) is 2.69. The van der Waals surface area contributed by atoms with Crippen LogP contribution in [-0.4, -0.2) is 20.8 Å². The van der Waals surface area contributed by atoms with Gasteiger partial charge in [0.1, 0.15) is 0 Å². The fraction of sp³-hybridized carbons (Fsp3) is 0.333. The Balaban J connectivity index is 0.00000176. The second-order valence-corrected chi connectivity index (χ2v) is 5.39. The van der Waals surface area contributed by atoms with E-state index in [1.54, 1.807) is 14.2 Å². The van der Waals surface area contributed by atoms with Gasteiger partial charge in [-0.05, 0) is 47.2 Å². The molecule has 1 unspecified atom stereocenters. The van der Waals surface area contributed by atoms with Crippen LogP contribution < -0.4 is 15.2 Å². The first-order valence-corrected chi connectivity index (χ1v) is 7.31. The summed E-state index contributed by atoms with van der Waals surface area (Å²) >= 11 is 0. The van der Waals surface area contributed by atoms with Gasteiger partial charge in [0.05, 0.1) is 14.2 Å². The van der Waals surface area contributed by atoms with Crippen molar-refractivity contribution in [2.75, 3.05) is 20.8 Å². The predicted octanol–water partition coefficient (Wildman–Crippen LogP) is 3.31. The topological polar surface area (TPSA) is 44.5 Å². The number of fused-ring (bicyclic) bond motifs is 2. The average molecular weight is 320 g/mol. The number of benzene rings is 2. The van der Waals surface area contributed by atoms with Gasteiger partial charge in [-0.3, -0.25) is 0 Å². The molecule has 0 saturated carbocycles. The van der Waals surface area contributed by atoms with Crippen molar-refractivity contribution in [3.8, 4) is 11.5 Å². The first-order valence-electron chi connectivity index (χ1n) is 7.31. The molecular weight excluding hydrogens is 298 g/mol. The molecule has 0 radical (unpaired) electrons. The van der Waals surface area contributed by atoms with Gasteiger partial charge in [0.15, 0.2) is 11.5 Å². The van der Waals surface area contributed by atoms with Crippen molar-refractivity contribution in [2.24, 2.45) is 5.73 Å². The summed E-state index contributed by atoms with van der Waals surface area (Å²) in [7, 11) is 3.35. The quantitative estimate of drug-likeness (QED) is 0.944. The van der Waals surface area contributed by atoms with Gasteiger partial charge in [0, 0.05) is 12.5 Å². The summed E-state index contributed by atoms with van der Waals surface area (Å²) in [5, 5.41) is 0. The lowest BCUT2D eigenvalue weighted by Gasteiger charge is -2.20. The summed E-state index contributed by atoms with van der Waals surface area (Å²) in [5.74, 6) is 1.78. The summed E-state index contributed by atoms with van der Waals surface area (Å²) in [6.07, 6.45) is 2.04. The maximum absolute atomic E-state index is 6.09. The van der Waals surface area contributed by atoms with Gasteiger partial charge >= 0.3 is 0 Å². The van der Waals surface area contributed by atoms with E-state index in [2.05, 4.69) is 36.4 Å². The molecule has 2 aromatic carbocycles. The van der Waals surface area contributed by atoms with Crippen molar-refractivity contribution in [1.82, 2.24) is 0 Å². The summed E-state index contributed by atoms with van der Waals surface area (Å²) in [6.45, 7) is 0.597. The fourth-order valence-corrected chi connectivity index (χ4v) is 3.27. The minimum Gasteiger partial charge on any atom is -0.493 e. The van der Waals surface area contributed by atoms with Crippen molar-refractivity contribution in [3.05, 3.63) is 58.7 Å². The van der Waals surface area contributed by atoms with Gasteiger partial charge in [0.25, 0.3) is 0 Å². The van der Waals surface area contributed by atoms with Gasteiger partial charge in [-0.25, -0.2) is 0 Å². The molecular formula is C18H22ClNO2. The lowest BCUT2D eigenvalue weighted by Crippen LogP contribution is -2.15. The lowest BCUT2D eigenvalue weighted by molar-refractivity contribution is 0.354. The number of hydrogen-bond acceptors (Lipinski definition) is 3. The molecule has 0 aliphatic heterocycles. The van der Waals surface area contributed by atoms with Crippen molar-refractivity contribution in [3.63, 3.8) is 0 Å². The molecule has 3 nitrogen and oxygen atoms in total. The van der Waals surface area contributed by atoms with Crippen molar-refractivity contribution >= 4 is 12.4 Å². The maximum atomic E-state index is 6.09. The Bertz CT molecular complexity index is 658. The van der Waals surface area contributed by atoms with E-state index < -0.39 is 0 Å². The molecule has 118 valence electrons. The van der Waals surface area contributed by atoms with E-state index in [1.807, 2.05) is 0 Å². The van der Waals surface area contributed by atoms with E-state index >= 15 is 0 Å². The van der Waals surface area contributed by atoms with Crippen LogP contribution >= 0.6 is 12.4 Å². The molecule has 0 amide bonds. The lowest BCUT2D eigenvalue weighted by atomic mass is 9.88. The SMILES string of the molecule is COc1cc2c(cc1OC)C(CN)c1ccccc1CC2.Cl. The molecule has 0 heterocycles. The van der Waals surface area contributed by atoms with E-state index in [1.165, 1.54) is 22.3 Å². The second kappa shape index (κ2) is 7.03. The number of ether oxygens (including phenoxy) is 2. The molecule has 0 aromatic heterocycles. The highest BCUT2D eigenvalue weighted by Gasteiger charge is 2.24. The van der Waals surface area contributed by atoms with Crippen molar-refractivity contribution < 1.29 is 9.47 Å². The van der Waals surface area contributed by atoms with E-state index in [4.69, 9.17) is 15.2 Å². The number of rotatable bonds is 3. The Morgan fingerprint density at radius 2 is 1.59 bits per heavy atom. The standard InChI is InChI=1S/C18H21NO2.ClH/c1-20-17-9-13-8-7-12-5-3-4-6-14(12)16(11-19)15(13)10-18(17)21-2;/h3-6,9-10,16H,7-8,11,19H2,1-2H3;1H. The molecule has 0 spiro atoms. The van der Waals surface area contributed by atoms with E-state index in [0.29, 0.717) is 6.54 Å². The molecule has 1 atom stereocenters. The Morgan fingerprint density at radius 1 is 0.955 bits per heavy atom. The fourth-order valence-electron chi connectivity index (χ4n) is 3.27. The molecule has 1 aliphatic carbocycles. The van der Waals surface area contributed by atoms with Crippen molar-refractivity contribution in [1.29, 1.82) is 0 Å². The number of hydrogen-bond donors (Lipinski definition) is 1. The van der Waals surface area contributed by atoms with Gasteiger partial charge in [-0.15, -0.1) is 12.4 Å². The van der Waals surface area contributed by atoms with Gasteiger partial charge < -0.3 is 15.2 Å². The number of methoxy groups -OCH3 is 2. The molecule has 2 N–H and O–H groups in total. The highest BCUT2D eigenvalue weighted by molar-refractivity contribution is 5.85. The van der Waals surface area contributed by atoms with Crippen LogP contribution in [0.2, 0.25) is 0 Å². The second-order valence-electron chi connectivity index (χ2n) is 5.39. The molecule has 3 rings (SSSR count). The summed E-state index contributed by atoms with van der Waals surface area (Å²) in [4.78, 5) is 0. The number of aryl methyl sites for hydroxylation is 2. The van der Waals surface area contributed by atoms with Gasteiger partial charge in [-0.2, -0.15) is 0 Å². The zero-order valence-corrected chi connectivity index (χ0v) is 13.8. The van der Waals surface area contributed by atoms with Crippen LogP contribution in [0.1, 0.15) is 28.2 Å². The zero-order valence-electron chi connectivity index (χ0n) is 13.0. The van der Waals surface area contributed by atoms with Crippen LogP contribution in [0.5, 0.6) is 11.5 Å². The highest BCUT2D eigenvalue weighted by atomic mass is 35.5. The monoisotopic (exact) mass is 319 g/mol. The summed E-state index contributed by atoms with van der Waals surface area (Å²) in [6, 6.07) is 12.8. The van der Waals surface area contributed by atoms with Crippen LogP contribution in [0.3, 0.4) is 0 Å². The van der Waals surface area contributed by atoms with Crippen LogP contribution in [-0.2, 0) is 12.8 Å². The van der Waals surface area contributed by atoms with Gasteiger partial charge in [-0.1, -0.05) is 24.3 Å². The third kappa shape index (κ3) is 2.79. The Labute approximate surface area is 137 Å². The molecule has 0 saturated heterocycles. The van der Waals surface area contributed by atoms with Crippen LogP contribution in [0.15, 0.2) is 36.4 Å². The predicted molar refractivity (Wildman–Crippen MR) is 91.5 cm³/mol. The Morgan fingerprint density at radius 3 is 2.27 bits per heavy atom. The maximum Gasteiger partial charge on any atom is 0.161 e. The van der Waals surface area contributed by atoms with Crippen LogP contribution in [0, 0.1) is 0 Å². The smallest absolute Gasteiger partial charge is 0.161 e. The normalized spacial score (nSPS) is 15.9. The summed E-state index contributed by atoms with van der Waals surface area (Å²) < 4.78 is 10.9. The van der Waals surface area contributed by atoms with E-state index in [0.717, 1.165) is 24.3 Å².